The average Bonchev–Trinajstić information content (AvgIpc) is 2.62. The molecule has 0 aliphatic carbocycles. The molecule has 120 valence electrons. The Morgan fingerprint density at radius 2 is 1.61 bits per heavy atom. The molecular formula is C18H20N2O2S. The predicted molar refractivity (Wildman–Crippen MR) is 89.7 cm³/mol. The van der Waals surface area contributed by atoms with E-state index in [1.807, 2.05) is 12.1 Å². The van der Waals surface area contributed by atoms with Crippen LogP contribution in [0.25, 0.3) is 0 Å². The van der Waals surface area contributed by atoms with E-state index < -0.39 is 10.0 Å². The van der Waals surface area contributed by atoms with Crippen molar-refractivity contribution in [2.24, 2.45) is 0 Å². The number of rotatable bonds is 2. The minimum Gasteiger partial charge on any atom is -0.293 e. The maximum Gasteiger partial charge on any atom is 0.243 e. The van der Waals surface area contributed by atoms with Gasteiger partial charge in [0.1, 0.15) is 0 Å². The number of fused-ring (bicyclic) bond motifs is 3. The molecule has 4 nitrogen and oxygen atoms in total. The van der Waals surface area contributed by atoms with E-state index in [9.17, 15) is 8.42 Å². The third kappa shape index (κ3) is 2.59. The Morgan fingerprint density at radius 1 is 0.870 bits per heavy atom. The van der Waals surface area contributed by atoms with Crippen LogP contribution < -0.4 is 0 Å². The maximum absolute atomic E-state index is 12.9. The fraction of sp³-hybridized carbons (Fsp3) is 0.333. The molecule has 0 bridgehead atoms. The first kappa shape index (κ1) is 14.9. The lowest BCUT2D eigenvalue weighted by atomic mass is 9.91. The molecule has 23 heavy (non-hydrogen) atoms. The quantitative estimate of drug-likeness (QED) is 0.849. The number of benzene rings is 2. The van der Waals surface area contributed by atoms with E-state index in [-0.39, 0.29) is 6.04 Å². The standard InChI is InChI=1S/C18H20N2O2S/c21-23(22,16-7-2-1-3-8-16)20-13-12-19-11-10-15-6-4-5-9-17(15)18(19)14-20/h1-9,18H,10-14H2. The highest BCUT2D eigenvalue weighted by molar-refractivity contribution is 7.89. The summed E-state index contributed by atoms with van der Waals surface area (Å²) >= 11 is 0. The zero-order chi connectivity index (χ0) is 15.9. The summed E-state index contributed by atoms with van der Waals surface area (Å²) in [5.74, 6) is 0. The van der Waals surface area contributed by atoms with Crippen molar-refractivity contribution in [3.63, 3.8) is 0 Å². The number of nitrogens with zero attached hydrogens (tertiary/aromatic N) is 2. The fourth-order valence-corrected chi connectivity index (χ4v) is 5.13. The molecule has 1 saturated heterocycles. The molecule has 1 fully saturated rings. The molecule has 4 rings (SSSR count). The molecule has 2 aliphatic heterocycles. The second-order valence-corrected chi connectivity index (χ2v) is 8.11. The molecule has 0 amide bonds. The Morgan fingerprint density at radius 3 is 2.43 bits per heavy atom. The minimum atomic E-state index is -3.41. The molecule has 2 aromatic carbocycles. The van der Waals surface area contributed by atoms with Gasteiger partial charge in [0.2, 0.25) is 10.0 Å². The summed E-state index contributed by atoms with van der Waals surface area (Å²) in [7, 11) is -3.41. The lowest BCUT2D eigenvalue weighted by molar-refractivity contribution is 0.109. The van der Waals surface area contributed by atoms with Crippen molar-refractivity contribution in [1.29, 1.82) is 0 Å². The van der Waals surface area contributed by atoms with Crippen molar-refractivity contribution in [2.75, 3.05) is 26.2 Å². The summed E-state index contributed by atoms with van der Waals surface area (Å²) in [4.78, 5) is 2.80. The number of piperazine rings is 1. The lowest BCUT2D eigenvalue weighted by Crippen LogP contribution is -2.52. The van der Waals surface area contributed by atoms with Crippen LogP contribution in [-0.4, -0.2) is 43.8 Å². The van der Waals surface area contributed by atoms with Gasteiger partial charge >= 0.3 is 0 Å². The molecule has 0 N–H and O–H groups in total. The first-order valence-electron chi connectivity index (χ1n) is 8.03. The first-order valence-corrected chi connectivity index (χ1v) is 9.47. The van der Waals surface area contributed by atoms with Crippen LogP contribution in [0.4, 0.5) is 0 Å². The molecule has 0 saturated carbocycles. The van der Waals surface area contributed by atoms with Crippen LogP contribution in [0.2, 0.25) is 0 Å². The van der Waals surface area contributed by atoms with Crippen molar-refractivity contribution >= 4 is 10.0 Å². The van der Waals surface area contributed by atoms with Crippen LogP contribution in [0.1, 0.15) is 17.2 Å². The van der Waals surface area contributed by atoms with E-state index in [0.717, 1.165) is 19.5 Å². The molecule has 5 heteroatoms. The van der Waals surface area contributed by atoms with E-state index in [1.54, 1.807) is 28.6 Å². The van der Waals surface area contributed by atoms with Crippen molar-refractivity contribution in [3.8, 4) is 0 Å². The zero-order valence-corrected chi connectivity index (χ0v) is 13.7. The Labute approximate surface area is 137 Å². The van der Waals surface area contributed by atoms with Gasteiger partial charge in [-0.15, -0.1) is 0 Å². The van der Waals surface area contributed by atoms with Crippen LogP contribution in [0.5, 0.6) is 0 Å². The Hall–Kier alpha value is -1.69. The van der Waals surface area contributed by atoms with E-state index in [1.165, 1.54) is 11.1 Å². The summed E-state index contributed by atoms with van der Waals surface area (Å²) in [5.41, 5.74) is 2.64. The van der Waals surface area contributed by atoms with Crippen LogP contribution in [0.15, 0.2) is 59.5 Å². The number of sulfonamides is 1. The van der Waals surface area contributed by atoms with Gasteiger partial charge in [0.15, 0.2) is 0 Å². The van der Waals surface area contributed by atoms with Crippen LogP contribution in [0.3, 0.4) is 0 Å². The van der Waals surface area contributed by atoms with E-state index in [2.05, 4.69) is 23.1 Å². The van der Waals surface area contributed by atoms with Crippen LogP contribution in [0, 0.1) is 0 Å². The SMILES string of the molecule is O=S(=O)(c1ccccc1)N1CCN2CCc3ccccc3C2C1. The highest BCUT2D eigenvalue weighted by Crippen LogP contribution is 2.34. The molecule has 0 radical (unpaired) electrons. The summed E-state index contributed by atoms with van der Waals surface area (Å²) in [5, 5.41) is 0. The highest BCUT2D eigenvalue weighted by Gasteiger charge is 2.37. The van der Waals surface area contributed by atoms with E-state index >= 15 is 0 Å². The Balaban J connectivity index is 1.66. The molecule has 2 aliphatic rings. The highest BCUT2D eigenvalue weighted by atomic mass is 32.2. The van der Waals surface area contributed by atoms with Crippen molar-refractivity contribution in [2.45, 2.75) is 17.4 Å². The second-order valence-electron chi connectivity index (χ2n) is 6.18. The maximum atomic E-state index is 12.9. The number of hydrogen-bond donors (Lipinski definition) is 0. The third-order valence-corrected chi connectivity index (χ3v) is 6.80. The molecule has 1 unspecified atom stereocenters. The molecule has 1 atom stereocenters. The van der Waals surface area contributed by atoms with Crippen LogP contribution >= 0.6 is 0 Å². The van der Waals surface area contributed by atoms with Crippen molar-refractivity contribution in [3.05, 3.63) is 65.7 Å². The van der Waals surface area contributed by atoms with E-state index in [4.69, 9.17) is 0 Å². The minimum absolute atomic E-state index is 0.173. The monoisotopic (exact) mass is 328 g/mol. The lowest BCUT2D eigenvalue weighted by Gasteiger charge is -2.44. The van der Waals surface area contributed by atoms with Gasteiger partial charge in [-0.05, 0) is 29.7 Å². The summed E-state index contributed by atoms with van der Waals surface area (Å²) in [6.45, 7) is 2.91. The van der Waals surface area contributed by atoms with E-state index in [0.29, 0.717) is 18.0 Å². The predicted octanol–water partition coefficient (Wildman–Crippen LogP) is 2.29. The molecular weight excluding hydrogens is 308 g/mol. The van der Waals surface area contributed by atoms with Crippen molar-refractivity contribution in [1.82, 2.24) is 9.21 Å². The summed E-state index contributed by atoms with van der Waals surface area (Å²) in [6.07, 6.45) is 1.05. The molecule has 2 aromatic rings. The molecule has 2 heterocycles. The van der Waals surface area contributed by atoms with Gasteiger partial charge in [-0.25, -0.2) is 8.42 Å². The first-order chi connectivity index (χ1) is 11.2. The van der Waals surface area contributed by atoms with Gasteiger partial charge in [0.25, 0.3) is 0 Å². The average molecular weight is 328 g/mol. The smallest absolute Gasteiger partial charge is 0.243 e. The molecule has 0 spiro atoms. The van der Waals surface area contributed by atoms with Crippen molar-refractivity contribution < 1.29 is 8.42 Å². The van der Waals surface area contributed by atoms with Gasteiger partial charge in [0, 0.05) is 32.2 Å². The van der Waals surface area contributed by atoms with Gasteiger partial charge in [-0.1, -0.05) is 42.5 Å². The third-order valence-electron chi connectivity index (χ3n) is 4.92. The van der Waals surface area contributed by atoms with Crippen LogP contribution in [-0.2, 0) is 16.4 Å². The Bertz CT molecular complexity index is 805. The van der Waals surface area contributed by atoms with Gasteiger partial charge < -0.3 is 0 Å². The topological polar surface area (TPSA) is 40.6 Å². The molecule has 0 aromatic heterocycles. The van der Waals surface area contributed by atoms with Gasteiger partial charge in [-0.2, -0.15) is 4.31 Å². The van der Waals surface area contributed by atoms with Gasteiger partial charge in [0.05, 0.1) is 4.90 Å². The largest absolute Gasteiger partial charge is 0.293 e. The fourth-order valence-electron chi connectivity index (χ4n) is 3.67. The number of hydrogen-bond acceptors (Lipinski definition) is 3. The zero-order valence-electron chi connectivity index (χ0n) is 12.9. The normalized spacial score (nSPS) is 22.3. The van der Waals surface area contributed by atoms with Gasteiger partial charge in [-0.3, -0.25) is 4.90 Å². The Kier molecular flexibility index (Phi) is 3.71. The summed E-state index contributed by atoms with van der Waals surface area (Å²) in [6, 6.07) is 17.3. The second kappa shape index (κ2) is 5.74. The summed E-state index contributed by atoms with van der Waals surface area (Å²) < 4.78 is 27.4.